The molecule has 0 bridgehead atoms. The number of nitrogens with one attached hydrogen (secondary N) is 4. The summed E-state index contributed by atoms with van der Waals surface area (Å²) >= 11 is 0. The molecule has 1 saturated heterocycles. The predicted octanol–water partition coefficient (Wildman–Crippen LogP) is -1.59. The summed E-state index contributed by atoms with van der Waals surface area (Å²) in [6.07, 6.45) is 0.351. The average Bonchev–Trinajstić information content (AvgIpc) is 3.40. The number of carbonyl (C=O) groups excluding carboxylic acids is 1. The Balaban J connectivity index is 1.52. The highest BCUT2D eigenvalue weighted by Crippen LogP contribution is 2.17. The van der Waals surface area contributed by atoms with Crippen LogP contribution in [0, 0.1) is 0 Å². The monoisotopic (exact) mass is 366 g/mol. The molecule has 1 amide bonds. The van der Waals surface area contributed by atoms with Crippen molar-refractivity contribution in [1.82, 2.24) is 16.0 Å². The lowest BCUT2D eigenvalue weighted by Gasteiger charge is -2.07. The van der Waals surface area contributed by atoms with Gasteiger partial charge in [0.2, 0.25) is 0 Å². The zero-order valence-electron chi connectivity index (χ0n) is 14.4. The van der Waals surface area contributed by atoms with Crippen LogP contribution in [-0.4, -0.2) is 61.5 Å². The molecule has 10 nitrogen and oxygen atoms in total. The minimum atomic E-state index is -0.998. The third kappa shape index (κ3) is 6.58. The quantitative estimate of drug-likeness (QED) is 0.0998. The van der Waals surface area contributed by atoms with Gasteiger partial charge in [0.25, 0.3) is 5.91 Å². The van der Waals surface area contributed by atoms with Crippen molar-refractivity contribution in [1.29, 1.82) is 0 Å². The third-order valence-electron chi connectivity index (χ3n) is 3.92. The van der Waals surface area contributed by atoms with Crippen LogP contribution in [0.5, 0.6) is 0 Å². The second-order valence-corrected chi connectivity index (χ2v) is 5.97. The summed E-state index contributed by atoms with van der Waals surface area (Å²) in [5.41, 5.74) is 9.11. The van der Waals surface area contributed by atoms with E-state index in [0.29, 0.717) is 43.9 Å². The second kappa shape index (κ2) is 10.0. The number of hydrogen-bond acceptors (Lipinski definition) is 8. The molecular formula is C16H26N6O4. The van der Waals surface area contributed by atoms with Gasteiger partial charge >= 0.3 is 5.97 Å². The SMILES string of the molecule is NNc1cccc(C(=O)NCCNC2OC2CNCCC(N)C(=O)O)c1. The molecule has 0 spiro atoms. The predicted molar refractivity (Wildman–Crippen MR) is 96.3 cm³/mol. The van der Waals surface area contributed by atoms with E-state index in [0.717, 1.165) is 0 Å². The highest BCUT2D eigenvalue weighted by molar-refractivity contribution is 5.95. The van der Waals surface area contributed by atoms with Gasteiger partial charge in [-0.2, -0.15) is 0 Å². The summed E-state index contributed by atoms with van der Waals surface area (Å²) in [7, 11) is 0. The smallest absolute Gasteiger partial charge is 0.320 e. The molecule has 0 radical (unpaired) electrons. The average molecular weight is 366 g/mol. The van der Waals surface area contributed by atoms with E-state index in [2.05, 4.69) is 21.4 Å². The van der Waals surface area contributed by atoms with Crippen molar-refractivity contribution in [3.8, 4) is 0 Å². The molecule has 1 aliphatic heterocycles. The van der Waals surface area contributed by atoms with Crippen LogP contribution >= 0.6 is 0 Å². The van der Waals surface area contributed by atoms with Crippen molar-refractivity contribution in [2.75, 3.05) is 31.6 Å². The minimum Gasteiger partial charge on any atom is -0.480 e. The highest BCUT2D eigenvalue weighted by atomic mass is 16.6. The maximum atomic E-state index is 12.0. The molecule has 3 unspecified atom stereocenters. The molecule has 10 heteroatoms. The topological polar surface area (TPSA) is 167 Å². The molecule has 1 heterocycles. The molecule has 0 saturated carbocycles. The largest absolute Gasteiger partial charge is 0.480 e. The molecule has 1 fully saturated rings. The third-order valence-corrected chi connectivity index (χ3v) is 3.92. The lowest BCUT2D eigenvalue weighted by molar-refractivity contribution is -0.138. The van der Waals surface area contributed by atoms with Gasteiger partial charge < -0.3 is 31.6 Å². The summed E-state index contributed by atoms with van der Waals surface area (Å²) in [4.78, 5) is 22.6. The molecule has 1 aromatic rings. The van der Waals surface area contributed by atoms with Crippen molar-refractivity contribution in [3.05, 3.63) is 29.8 Å². The number of nitrogen functional groups attached to an aromatic ring is 1. The van der Waals surface area contributed by atoms with Gasteiger partial charge in [0.1, 0.15) is 18.4 Å². The van der Waals surface area contributed by atoms with E-state index in [1.807, 2.05) is 0 Å². The Morgan fingerprint density at radius 3 is 2.81 bits per heavy atom. The number of rotatable bonds is 12. The fourth-order valence-electron chi connectivity index (χ4n) is 2.35. The number of carboxylic acids is 1. The van der Waals surface area contributed by atoms with Crippen molar-refractivity contribution < 1.29 is 19.4 Å². The Morgan fingerprint density at radius 2 is 2.08 bits per heavy atom. The highest BCUT2D eigenvalue weighted by Gasteiger charge is 2.37. The Hall–Kier alpha value is -2.24. The van der Waals surface area contributed by atoms with Gasteiger partial charge in [0.05, 0.1) is 0 Å². The van der Waals surface area contributed by atoms with Crippen molar-refractivity contribution in [2.24, 2.45) is 11.6 Å². The molecule has 1 aromatic carbocycles. The van der Waals surface area contributed by atoms with Gasteiger partial charge in [-0.25, -0.2) is 0 Å². The van der Waals surface area contributed by atoms with Crippen LogP contribution in [0.3, 0.4) is 0 Å². The number of nitrogens with two attached hydrogens (primary N) is 2. The lowest BCUT2D eigenvalue weighted by atomic mass is 10.2. The standard InChI is InChI=1S/C16H26N6O4/c17-12(16(24)25)4-5-19-9-13-15(26-13)21-7-6-20-14(23)10-2-1-3-11(8-10)22-18/h1-3,8,12-13,15,19,21-22H,4-7,9,17-18H2,(H,20,23)(H,24,25). The number of ether oxygens (including phenoxy) is 1. The second-order valence-electron chi connectivity index (χ2n) is 5.97. The first-order valence-electron chi connectivity index (χ1n) is 8.44. The number of epoxide rings is 1. The number of hydrogen-bond donors (Lipinski definition) is 7. The molecule has 2 rings (SSSR count). The molecule has 3 atom stereocenters. The molecule has 0 aromatic heterocycles. The van der Waals surface area contributed by atoms with Gasteiger partial charge in [-0.15, -0.1) is 0 Å². The van der Waals surface area contributed by atoms with Crippen molar-refractivity contribution in [2.45, 2.75) is 24.8 Å². The van der Waals surface area contributed by atoms with E-state index in [9.17, 15) is 9.59 Å². The number of amides is 1. The van der Waals surface area contributed by atoms with E-state index >= 15 is 0 Å². The summed E-state index contributed by atoms with van der Waals surface area (Å²) in [5, 5.41) is 17.8. The molecule has 9 N–H and O–H groups in total. The molecular weight excluding hydrogens is 340 g/mol. The van der Waals surface area contributed by atoms with Crippen molar-refractivity contribution in [3.63, 3.8) is 0 Å². The summed E-state index contributed by atoms with van der Waals surface area (Å²) in [6, 6.07) is 6.06. The Morgan fingerprint density at radius 1 is 1.27 bits per heavy atom. The van der Waals surface area contributed by atoms with Crippen LogP contribution in [0.1, 0.15) is 16.8 Å². The number of anilines is 1. The van der Waals surface area contributed by atoms with Crippen LogP contribution in [0.15, 0.2) is 24.3 Å². The minimum absolute atomic E-state index is 0.0408. The number of aliphatic carboxylic acids is 1. The summed E-state index contributed by atoms with van der Waals surface area (Å²) in [5.74, 6) is 4.15. The molecule has 144 valence electrons. The maximum Gasteiger partial charge on any atom is 0.320 e. The van der Waals surface area contributed by atoms with E-state index < -0.39 is 12.0 Å². The van der Waals surface area contributed by atoms with Gasteiger partial charge in [-0.3, -0.25) is 20.7 Å². The van der Waals surface area contributed by atoms with Crippen LogP contribution in [0.2, 0.25) is 0 Å². The fourth-order valence-corrected chi connectivity index (χ4v) is 2.35. The van der Waals surface area contributed by atoms with Gasteiger partial charge in [-0.1, -0.05) is 6.07 Å². The zero-order chi connectivity index (χ0) is 18.9. The first-order chi connectivity index (χ1) is 12.5. The first-order valence-corrected chi connectivity index (χ1v) is 8.44. The lowest BCUT2D eigenvalue weighted by Crippen LogP contribution is -2.36. The van der Waals surface area contributed by atoms with Gasteiger partial charge in [0.15, 0.2) is 0 Å². The Kier molecular flexibility index (Phi) is 7.75. The Labute approximate surface area is 151 Å². The Bertz CT molecular complexity index is 614. The van der Waals surface area contributed by atoms with Crippen LogP contribution in [0.25, 0.3) is 0 Å². The van der Waals surface area contributed by atoms with Crippen LogP contribution < -0.4 is 33.0 Å². The number of benzene rings is 1. The van der Waals surface area contributed by atoms with Crippen LogP contribution in [0.4, 0.5) is 5.69 Å². The van der Waals surface area contributed by atoms with Gasteiger partial charge in [0, 0.05) is 30.9 Å². The summed E-state index contributed by atoms with van der Waals surface area (Å²) in [6.45, 7) is 2.18. The maximum absolute atomic E-state index is 12.0. The fraction of sp³-hybridized carbons (Fsp3) is 0.500. The number of hydrazine groups is 1. The van der Waals surface area contributed by atoms with E-state index in [-0.39, 0.29) is 18.2 Å². The number of carboxylic acid groups (broad SMARTS) is 1. The normalized spacial score (nSPS) is 19.6. The number of carbonyl (C=O) groups is 2. The molecule has 1 aliphatic rings. The van der Waals surface area contributed by atoms with E-state index in [1.54, 1.807) is 24.3 Å². The zero-order valence-corrected chi connectivity index (χ0v) is 14.4. The van der Waals surface area contributed by atoms with Crippen LogP contribution in [-0.2, 0) is 9.53 Å². The van der Waals surface area contributed by atoms with E-state index in [4.69, 9.17) is 21.4 Å². The first kappa shape index (κ1) is 20.1. The van der Waals surface area contributed by atoms with Crippen molar-refractivity contribution >= 4 is 17.6 Å². The van der Waals surface area contributed by atoms with E-state index in [1.165, 1.54) is 0 Å². The summed E-state index contributed by atoms with van der Waals surface area (Å²) < 4.78 is 5.44. The van der Waals surface area contributed by atoms with Gasteiger partial charge in [-0.05, 0) is 31.2 Å². The molecule has 0 aliphatic carbocycles. The molecule has 26 heavy (non-hydrogen) atoms.